The van der Waals surface area contributed by atoms with Gasteiger partial charge in [-0.3, -0.25) is 9.59 Å². The van der Waals surface area contributed by atoms with Crippen LogP contribution in [-0.2, 0) is 23.8 Å². The van der Waals surface area contributed by atoms with Crippen LogP contribution in [0.2, 0.25) is 0 Å². The number of allylic oxidation sites excluding steroid dienone is 2. The van der Waals surface area contributed by atoms with E-state index in [0.29, 0.717) is 5.56 Å². The number of nitrogens with zero attached hydrogens (tertiary/aromatic N) is 2. The van der Waals surface area contributed by atoms with Gasteiger partial charge in [0, 0.05) is 29.3 Å². The maximum Gasteiger partial charge on any atom is 0.338 e. The molecule has 5 N–H and O–H groups in total. The lowest BCUT2D eigenvalue weighted by atomic mass is 9.68. The Bertz CT molecular complexity index is 1770. The molecule has 4 fully saturated rings. The Balaban J connectivity index is 0.000000209. The van der Waals surface area contributed by atoms with Gasteiger partial charge in [0.15, 0.2) is 0 Å². The van der Waals surface area contributed by atoms with E-state index < -0.39 is 70.2 Å². The van der Waals surface area contributed by atoms with Gasteiger partial charge in [0.25, 0.3) is 0 Å². The molecule has 13 heteroatoms. The number of amides is 2. The topological polar surface area (TPSA) is 187 Å². The van der Waals surface area contributed by atoms with E-state index in [4.69, 9.17) is 14.2 Å². The number of carbonyl (C=O) groups is 3. The van der Waals surface area contributed by atoms with Crippen LogP contribution < -0.4 is 0 Å². The van der Waals surface area contributed by atoms with E-state index in [0.717, 1.165) is 38.5 Å². The molecule has 7 rings (SSSR count). The van der Waals surface area contributed by atoms with Gasteiger partial charge in [-0.2, -0.15) is 0 Å². The minimum atomic E-state index is -1.58. The van der Waals surface area contributed by atoms with E-state index >= 15 is 0 Å². The largest absolute Gasteiger partial charge is 0.462 e. The molecule has 4 aliphatic heterocycles. The van der Waals surface area contributed by atoms with Gasteiger partial charge >= 0.3 is 5.97 Å². The van der Waals surface area contributed by atoms with Crippen molar-refractivity contribution in [2.24, 2.45) is 34.5 Å². The number of carbonyl (C=O) groups excluding carboxylic acids is 3. The summed E-state index contributed by atoms with van der Waals surface area (Å²) in [6.45, 7) is 15.1. The van der Waals surface area contributed by atoms with E-state index in [1.807, 2.05) is 59.8 Å². The molecule has 1 aromatic rings. The number of aliphatic hydroxyl groups is 5. The number of hydrogen-bond acceptors (Lipinski definition) is 11. The third-order valence-corrected chi connectivity index (χ3v) is 14.4. The van der Waals surface area contributed by atoms with Crippen LogP contribution in [0.5, 0.6) is 0 Å². The number of ether oxygens (including phenoxy) is 3. The van der Waals surface area contributed by atoms with Gasteiger partial charge in [0.2, 0.25) is 11.8 Å². The Morgan fingerprint density at radius 1 is 0.767 bits per heavy atom. The summed E-state index contributed by atoms with van der Waals surface area (Å²) in [5.74, 6) is -2.84. The highest BCUT2D eigenvalue weighted by atomic mass is 16.5. The summed E-state index contributed by atoms with van der Waals surface area (Å²) in [6.07, 6.45) is 11.0. The predicted octanol–water partition coefficient (Wildman–Crippen LogP) is 4.74. The zero-order chi connectivity index (χ0) is 44.1. The number of hydrogen-bond donors (Lipinski definition) is 5. The summed E-state index contributed by atoms with van der Waals surface area (Å²) in [6, 6.07) is 8.67. The molecular formula is C47H70N2O11. The van der Waals surface area contributed by atoms with Gasteiger partial charge < -0.3 is 49.5 Å². The van der Waals surface area contributed by atoms with Crippen molar-refractivity contribution in [1.82, 2.24) is 9.80 Å². The highest BCUT2D eigenvalue weighted by molar-refractivity contribution is 5.89. The van der Waals surface area contributed by atoms with E-state index in [2.05, 4.69) is 12.2 Å². The molecule has 0 radical (unpaired) electrons. The van der Waals surface area contributed by atoms with Gasteiger partial charge in [-0.1, -0.05) is 84.0 Å². The molecule has 1 aromatic carbocycles. The zero-order valence-corrected chi connectivity index (χ0v) is 36.9. The van der Waals surface area contributed by atoms with E-state index in [1.54, 1.807) is 47.9 Å². The molecule has 334 valence electrons. The molecule has 4 heterocycles. The number of rotatable bonds is 10. The minimum Gasteiger partial charge on any atom is -0.462 e. The molecule has 12 atom stereocenters. The molecule has 0 unspecified atom stereocenters. The molecular weight excluding hydrogens is 769 g/mol. The summed E-state index contributed by atoms with van der Waals surface area (Å²) in [5.41, 5.74) is -5.87. The Morgan fingerprint density at radius 2 is 1.20 bits per heavy atom. The Morgan fingerprint density at radius 3 is 1.58 bits per heavy atom. The third kappa shape index (κ3) is 7.68. The molecule has 6 aliphatic rings. The molecule has 0 saturated carbocycles. The second kappa shape index (κ2) is 17.2. The number of esters is 1. The average molecular weight is 839 g/mol. The summed E-state index contributed by atoms with van der Waals surface area (Å²) >= 11 is 0. The molecule has 13 nitrogen and oxygen atoms in total. The van der Waals surface area contributed by atoms with E-state index in [1.165, 1.54) is 0 Å². The van der Waals surface area contributed by atoms with Gasteiger partial charge in [-0.25, -0.2) is 4.79 Å². The summed E-state index contributed by atoms with van der Waals surface area (Å²) in [5, 5.41) is 56.0. The van der Waals surface area contributed by atoms with Crippen molar-refractivity contribution < 1.29 is 54.1 Å². The average Bonchev–Trinajstić information content (AvgIpc) is 3.91. The van der Waals surface area contributed by atoms with Crippen molar-refractivity contribution >= 4 is 17.8 Å². The second-order valence-corrected chi connectivity index (χ2v) is 20.5. The first-order valence-corrected chi connectivity index (χ1v) is 22.0. The van der Waals surface area contributed by atoms with Crippen LogP contribution >= 0.6 is 0 Å². The monoisotopic (exact) mass is 838 g/mol. The Labute approximate surface area is 355 Å². The van der Waals surface area contributed by atoms with Crippen LogP contribution in [0.25, 0.3) is 0 Å². The number of benzene rings is 1. The maximum atomic E-state index is 13.8. The first-order chi connectivity index (χ1) is 28.1. The summed E-state index contributed by atoms with van der Waals surface area (Å²) in [4.78, 5) is 42.7. The molecule has 0 bridgehead atoms. The second-order valence-electron chi connectivity index (χ2n) is 20.5. The minimum absolute atomic E-state index is 0.00925. The van der Waals surface area contributed by atoms with Gasteiger partial charge in [0.05, 0.1) is 49.4 Å². The maximum absolute atomic E-state index is 13.8. The van der Waals surface area contributed by atoms with Crippen LogP contribution in [0, 0.1) is 34.5 Å². The van der Waals surface area contributed by atoms with Crippen molar-refractivity contribution in [3.05, 3.63) is 60.2 Å². The fourth-order valence-electron chi connectivity index (χ4n) is 11.0. The SMILES string of the molecule is CC(C)(C)[C@@H]1OC[C@]2([C@H](O)[C@@H]3C=CCCC3)N1C(=O)[C@H](CCO)[C@]2(C)O.CC(C)(C)[C@@H]1OC[C@]2([C@H](O)[C@@H]3C=CCCC3)N1C(=O)[C@H](CCOC(=O)c1ccccc1)[C@]2(C)O. The lowest BCUT2D eigenvalue weighted by molar-refractivity contribution is -0.149. The molecule has 2 aliphatic carbocycles. The first-order valence-electron chi connectivity index (χ1n) is 22.0. The zero-order valence-electron chi connectivity index (χ0n) is 36.9. The highest BCUT2D eigenvalue weighted by Crippen LogP contribution is 2.57. The van der Waals surface area contributed by atoms with Crippen molar-refractivity contribution in [1.29, 1.82) is 0 Å². The molecule has 2 amide bonds. The fraction of sp³-hybridized carbons (Fsp3) is 0.723. The standard InChI is InChI=1S/C27H37NO6.C20H33NO5/c1-25(2,3)24-28-22(30)20(15-16-33-23(31)19-13-9-6-10-14-19)26(4,32)27(28,17-34-24)21(29)18-11-7-5-8-12-18;1-18(2,3)17-21-16(24)14(10-11-22)19(4,25)20(21,12-26-17)15(23)13-8-6-5-7-9-13/h6-7,9-11,13-14,18,20-21,24,29,32H,5,8,12,15-17H2,1-4H3;6,8,13-15,17,22-23,25H,5,7,9-12H2,1-4H3/t18-,20+,21-,24+,26+,27-;13-,14+,15-,17+,19+,20-/m11/s1. The quantitative estimate of drug-likeness (QED) is 0.162. The van der Waals surface area contributed by atoms with E-state index in [9.17, 15) is 39.9 Å². The predicted molar refractivity (Wildman–Crippen MR) is 224 cm³/mol. The normalized spacial score (nSPS) is 37.4. The highest BCUT2D eigenvalue weighted by Gasteiger charge is 2.75. The van der Waals surface area contributed by atoms with Crippen LogP contribution in [-0.4, -0.2) is 126 Å². The van der Waals surface area contributed by atoms with Crippen LogP contribution in [0.15, 0.2) is 54.6 Å². The molecule has 60 heavy (non-hydrogen) atoms. The third-order valence-electron chi connectivity index (χ3n) is 14.4. The fourth-order valence-corrected chi connectivity index (χ4v) is 11.0. The van der Waals surface area contributed by atoms with Crippen molar-refractivity contribution in [2.45, 2.75) is 154 Å². The molecule has 0 spiro atoms. The summed E-state index contributed by atoms with van der Waals surface area (Å²) < 4.78 is 17.6. The lowest BCUT2D eigenvalue weighted by Crippen LogP contribution is -2.67. The molecule has 0 aromatic heterocycles. The van der Waals surface area contributed by atoms with Crippen molar-refractivity contribution in [3.63, 3.8) is 0 Å². The Kier molecular flexibility index (Phi) is 13.3. The van der Waals surface area contributed by atoms with Crippen LogP contribution in [0.1, 0.15) is 117 Å². The van der Waals surface area contributed by atoms with Crippen LogP contribution in [0.3, 0.4) is 0 Å². The van der Waals surface area contributed by atoms with Gasteiger partial charge in [-0.15, -0.1) is 0 Å². The lowest BCUT2D eigenvalue weighted by Gasteiger charge is -2.47. The smallest absolute Gasteiger partial charge is 0.338 e. The first kappa shape index (κ1) is 46.3. The van der Waals surface area contributed by atoms with Gasteiger partial charge in [0.1, 0.15) is 34.7 Å². The molecule has 4 saturated heterocycles. The number of aliphatic hydroxyl groups excluding tert-OH is 3. The van der Waals surface area contributed by atoms with E-state index in [-0.39, 0.29) is 68.3 Å². The Hall–Kier alpha value is -3.17. The van der Waals surface area contributed by atoms with Crippen molar-refractivity contribution in [3.8, 4) is 0 Å². The van der Waals surface area contributed by atoms with Gasteiger partial charge in [-0.05, 0) is 77.3 Å². The van der Waals surface area contributed by atoms with Crippen molar-refractivity contribution in [2.75, 3.05) is 26.4 Å². The summed E-state index contributed by atoms with van der Waals surface area (Å²) in [7, 11) is 0. The van der Waals surface area contributed by atoms with Crippen LogP contribution in [0.4, 0.5) is 0 Å². The number of fused-ring (bicyclic) bond motifs is 2.